The van der Waals surface area contributed by atoms with Gasteiger partial charge in [-0.3, -0.25) is 0 Å². The highest BCUT2D eigenvalue weighted by molar-refractivity contribution is 7.89. The van der Waals surface area contributed by atoms with Crippen LogP contribution in [0.3, 0.4) is 0 Å². The molecule has 0 spiro atoms. The molecule has 154 valence electrons. The van der Waals surface area contributed by atoms with Crippen LogP contribution in [0.4, 0.5) is 22.0 Å². The fourth-order valence-corrected chi connectivity index (χ4v) is 4.66. The van der Waals surface area contributed by atoms with Crippen LogP contribution in [0, 0.1) is 18.6 Å². The molecule has 1 atom stereocenters. The van der Waals surface area contributed by atoms with E-state index in [1.165, 1.54) is 6.92 Å². The molecule has 29 heavy (non-hydrogen) atoms. The third-order valence-corrected chi connectivity index (χ3v) is 5.92. The minimum Gasteiger partial charge on any atom is -0.491 e. The summed E-state index contributed by atoms with van der Waals surface area (Å²) < 4.78 is 100. The molecule has 13 heteroatoms. The Labute approximate surface area is 160 Å². The summed E-state index contributed by atoms with van der Waals surface area (Å²) in [6, 6.07) is 0.932. The van der Waals surface area contributed by atoms with Crippen molar-refractivity contribution in [1.82, 2.24) is 19.3 Å². The van der Waals surface area contributed by atoms with Crippen LogP contribution < -0.4 is 9.46 Å². The average Bonchev–Trinajstić information content (AvgIpc) is 3.13. The van der Waals surface area contributed by atoms with Crippen LogP contribution in [0.25, 0.3) is 5.65 Å². The molecule has 0 amide bonds. The predicted molar refractivity (Wildman–Crippen MR) is 87.6 cm³/mol. The molecule has 0 fully saturated rings. The highest BCUT2D eigenvalue weighted by Crippen LogP contribution is 2.37. The molecule has 1 aliphatic rings. The lowest BCUT2D eigenvalue weighted by Crippen LogP contribution is -2.30. The second-order valence-corrected chi connectivity index (χ2v) is 7.91. The summed E-state index contributed by atoms with van der Waals surface area (Å²) in [5, 5.41) is 3.65. The number of rotatable bonds is 3. The third kappa shape index (κ3) is 3.19. The zero-order valence-electron chi connectivity index (χ0n) is 14.5. The van der Waals surface area contributed by atoms with Crippen LogP contribution in [-0.4, -0.2) is 29.6 Å². The summed E-state index contributed by atoms with van der Waals surface area (Å²) in [4.78, 5) is 3.13. The number of aryl methyl sites for hydroxylation is 1. The second kappa shape index (κ2) is 6.35. The number of nitrogens with one attached hydrogen (secondary N) is 1. The van der Waals surface area contributed by atoms with E-state index in [4.69, 9.17) is 4.74 Å². The Bertz CT molecular complexity index is 1240. The van der Waals surface area contributed by atoms with Crippen molar-refractivity contribution in [1.29, 1.82) is 0 Å². The highest BCUT2D eigenvalue weighted by Gasteiger charge is 2.38. The average molecular weight is 434 g/mol. The summed E-state index contributed by atoms with van der Waals surface area (Å²) in [6.45, 7) is 0.882. The maximum atomic E-state index is 14.1. The van der Waals surface area contributed by atoms with E-state index in [-0.39, 0.29) is 23.6 Å². The second-order valence-electron chi connectivity index (χ2n) is 6.26. The van der Waals surface area contributed by atoms with E-state index < -0.39 is 50.1 Å². The number of benzene rings is 1. The number of hydrogen-bond acceptors (Lipinski definition) is 5. The summed E-state index contributed by atoms with van der Waals surface area (Å²) >= 11 is 0. The summed E-state index contributed by atoms with van der Waals surface area (Å²) in [6.07, 6.45) is -3.98. The first-order valence-electron chi connectivity index (χ1n) is 8.04. The predicted octanol–water partition coefficient (Wildman–Crippen LogP) is 2.75. The first kappa shape index (κ1) is 19.5. The Morgan fingerprint density at radius 3 is 2.69 bits per heavy atom. The van der Waals surface area contributed by atoms with Gasteiger partial charge in [0, 0.05) is 18.3 Å². The molecule has 1 aromatic carbocycles. The van der Waals surface area contributed by atoms with E-state index in [2.05, 4.69) is 14.8 Å². The maximum absolute atomic E-state index is 14.1. The topological polar surface area (TPSA) is 85.6 Å². The number of nitrogens with zero attached hydrogens (tertiary/aromatic N) is 3. The van der Waals surface area contributed by atoms with Crippen molar-refractivity contribution in [3.05, 3.63) is 53.0 Å². The Balaban J connectivity index is 1.79. The number of alkyl halides is 3. The van der Waals surface area contributed by atoms with Gasteiger partial charge in [-0.25, -0.2) is 26.7 Å². The summed E-state index contributed by atoms with van der Waals surface area (Å²) in [7, 11) is -4.49. The van der Waals surface area contributed by atoms with E-state index in [1.54, 1.807) is 0 Å². The largest absolute Gasteiger partial charge is 0.491 e. The fourth-order valence-electron chi connectivity index (χ4n) is 3.17. The van der Waals surface area contributed by atoms with Gasteiger partial charge in [0.1, 0.15) is 34.6 Å². The Morgan fingerprint density at radius 1 is 1.28 bits per heavy atom. The standard InChI is InChI=1S/C16H11F5N4O3S/c1-7-14(15-22-3-2-12(16(19,20)21)25(15)23-7)29(26,27)24-10-6-28-11-5-8(17)4-9(18)13(10)11/h2-5,10,24H,6H2,1H3. The number of aromatic nitrogens is 3. The van der Waals surface area contributed by atoms with Crippen LogP contribution in [0.1, 0.15) is 23.0 Å². The molecule has 0 radical (unpaired) electrons. The van der Waals surface area contributed by atoms with E-state index in [9.17, 15) is 30.4 Å². The van der Waals surface area contributed by atoms with E-state index in [0.717, 1.165) is 12.3 Å². The lowest BCUT2D eigenvalue weighted by Gasteiger charge is -2.13. The van der Waals surface area contributed by atoms with Gasteiger partial charge < -0.3 is 4.74 Å². The Kier molecular flexibility index (Phi) is 4.27. The van der Waals surface area contributed by atoms with Crippen molar-refractivity contribution in [2.75, 3.05) is 6.61 Å². The lowest BCUT2D eigenvalue weighted by atomic mass is 10.1. The van der Waals surface area contributed by atoms with Crippen LogP contribution in [-0.2, 0) is 16.2 Å². The normalized spacial score (nSPS) is 16.8. The van der Waals surface area contributed by atoms with Crippen LogP contribution in [0.2, 0.25) is 0 Å². The van der Waals surface area contributed by atoms with E-state index in [1.807, 2.05) is 0 Å². The number of ether oxygens (including phenoxy) is 1. The van der Waals surface area contributed by atoms with Gasteiger partial charge in [0.25, 0.3) is 0 Å². The van der Waals surface area contributed by atoms with Crippen molar-refractivity contribution in [2.45, 2.75) is 24.0 Å². The summed E-state index contributed by atoms with van der Waals surface area (Å²) in [5.41, 5.74) is -2.18. The van der Waals surface area contributed by atoms with Gasteiger partial charge in [-0.15, -0.1) is 0 Å². The monoisotopic (exact) mass is 434 g/mol. The quantitative estimate of drug-likeness (QED) is 0.641. The maximum Gasteiger partial charge on any atom is 0.433 e. The van der Waals surface area contributed by atoms with E-state index >= 15 is 0 Å². The molecule has 0 saturated carbocycles. The molecule has 0 aliphatic carbocycles. The van der Waals surface area contributed by atoms with Crippen LogP contribution in [0.15, 0.2) is 29.3 Å². The van der Waals surface area contributed by atoms with Crippen LogP contribution >= 0.6 is 0 Å². The number of halogens is 5. The molecule has 1 N–H and O–H groups in total. The van der Waals surface area contributed by atoms with Gasteiger partial charge in [0.15, 0.2) is 5.65 Å². The molecule has 3 heterocycles. The number of hydrogen-bond donors (Lipinski definition) is 1. The fraction of sp³-hybridized carbons (Fsp3) is 0.250. The van der Waals surface area contributed by atoms with Crippen molar-refractivity contribution < 1.29 is 35.1 Å². The van der Waals surface area contributed by atoms with Gasteiger partial charge in [0.05, 0.1) is 17.3 Å². The molecular weight excluding hydrogens is 423 g/mol. The van der Waals surface area contributed by atoms with Gasteiger partial charge in [-0.05, 0) is 13.0 Å². The minimum atomic E-state index is -4.79. The third-order valence-electron chi connectivity index (χ3n) is 4.31. The smallest absolute Gasteiger partial charge is 0.433 e. The first-order chi connectivity index (χ1) is 13.5. The zero-order valence-corrected chi connectivity index (χ0v) is 15.3. The Morgan fingerprint density at radius 2 is 2.00 bits per heavy atom. The van der Waals surface area contributed by atoms with Crippen molar-refractivity contribution in [2.24, 2.45) is 0 Å². The molecule has 0 saturated heterocycles. The van der Waals surface area contributed by atoms with E-state index in [0.29, 0.717) is 16.6 Å². The molecule has 0 bridgehead atoms. The number of fused-ring (bicyclic) bond motifs is 2. The SMILES string of the molecule is Cc1nn2c(C(F)(F)F)ccnc2c1S(=O)(=O)NC1COc2cc(F)cc(F)c21. The number of sulfonamides is 1. The lowest BCUT2D eigenvalue weighted by molar-refractivity contribution is -0.142. The van der Waals surface area contributed by atoms with Crippen LogP contribution in [0.5, 0.6) is 5.75 Å². The molecule has 1 unspecified atom stereocenters. The molecule has 1 aliphatic heterocycles. The van der Waals surface area contributed by atoms with Gasteiger partial charge in [0.2, 0.25) is 10.0 Å². The molecule has 3 aromatic rings. The molecule has 2 aromatic heterocycles. The van der Waals surface area contributed by atoms with Gasteiger partial charge in [-0.2, -0.15) is 23.0 Å². The molecule has 7 nitrogen and oxygen atoms in total. The molecule has 4 rings (SSSR count). The van der Waals surface area contributed by atoms with Gasteiger partial charge in [-0.1, -0.05) is 0 Å². The van der Waals surface area contributed by atoms with Gasteiger partial charge >= 0.3 is 6.18 Å². The van der Waals surface area contributed by atoms with Crippen molar-refractivity contribution >= 4 is 15.7 Å². The first-order valence-corrected chi connectivity index (χ1v) is 9.53. The zero-order chi connectivity index (χ0) is 21.1. The minimum absolute atomic E-state index is 0.163. The summed E-state index contributed by atoms with van der Waals surface area (Å²) in [5.74, 6) is -2.07. The highest BCUT2D eigenvalue weighted by atomic mass is 32.2. The van der Waals surface area contributed by atoms with Crippen molar-refractivity contribution in [3.63, 3.8) is 0 Å². The van der Waals surface area contributed by atoms with Crippen molar-refractivity contribution in [3.8, 4) is 5.75 Å². The Hall–Kier alpha value is -2.80. The molecular formula is C16H11F5N4O3S.